The van der Waals surface area contributed by atoms with Gasteiger partial charge >= 0.3 is 12.1 Å². The summed E-state index contributed by atoms with van der Waals surface area (Å²) in [4.78, 5) is 37.1. The van der Waals surface area contributed by atoms with Crippen LogP contribution in [0.25, 0.3) is 0 Å². The fourth-order valence-corrected chi connectivity index (χ4v) is 2.90. The molecule has 29 heavy (non-hydrogen) atoms. The Bertz CT molecular complexity index is 687. The first-order valence-electron chi connectivity index (χ1n) is 9.20. The van der Waals surface area contributed by atoms with Crippen molar-refractivity contribution in [2.45, 2.75) is 51.3 Å². The molecule has 0 spiro atoms. The van der Waals surface area contributed by atoms with Crippen molar-refractivity contribution in [3.8, 4) is 5.75 Å². The number of amides is 2. The van der Waals surface area contributed by atoms with Gasteiger partial charge in [0.05, 0.1) is 7.11 Å². The molecule has 0 aromatic heterocycles. The number of thioether (sulfide) groups is 1. The summed E-state index contributed by atoms with van der Waals surface area (Å²) in [6, 6.07) is 4.50. The number of methoxy groups -OCH3 is 1. The molecule has 0 bridgehead atoms. The molecule has 3 N–H and O–H groups in total. The summed E-state index contributed by atoms with van der Waals surface area (Å²) < 4.78 is 10.0. The molecular formula is C20H30N2O6S. The summed E-state index contributed by atoms with van der Waals surface area (Å²) in [6.45, 7) is 5.16. The molecular weight excluding hydrogens is 396 g/mol. The van der Waals surface area contributed by atoms with E-state index in [-0.39, 0.29) is 12.2 Å². The summed E-state index contributed by atoms with van der Waals surface area (Å²) in [5.41, 5.74) is -0.00552. The van der Waals surface area contributed by atoms with Gasteiger partial charge in [0.25, 0.3) is 0 Å². The van der Waals surface area contributed by atoms with E-state index < -0.39 is 35.7 Å². The molecule has 0 radical (unpaired) electrons. The highest BCUT2D eigenvalue weighted by molar-refractivity contribution is 7.98. The quantitative estimate of drug-likeness (QED) is 0.519. The minimum absolute atomic E-state index is 0.0951. The SMILES string of the molecule is COC(=O)[C@H](CCSC)NC(=O)[C@@H](Cc1ccc(O)cc1)NC(=O)OC(C)(C)C. The molecule has 0 saturated heterocycles. The van der Waals surface area contributed by atoms with Crippen molar-refractivity contribution >= 4 is 29.7 Å². The number of benzene rings is 1. The zero-order chi connectivity index (χ0) is 22.0. The molecule has 8 nitrogen and oxygen atoms in total. The van der Waals surface area contributed by atoms with Crippen LogP contribution in [0, 0.1) is 0 Å². The zero-order valence-corrected chi connectivity index (χ0v) is 18.3. The molecule has 2 atom stereocenters. The molecule has 0 fully saturated rings. The van der Waals surface area contributed by atoms with E-state index in [1.165, 1.54) is 19.2 Å². The van der Waals surface area contributed by atoms with E-state index in [2.05, 4.69) is 10.6 Å². The van der Waals surface area contributed by atoms with Gasteiger partial charge in [0.15, 0.2) is 0 Å². The second kappa shape index (κ2) is 11.5. The lowest BCUT2D eigenvalue weighted by molar-refractivity contribution is -0.145. The highest BCUT2D eigenvalue weighted by atomic mass is 32.2. The number of nitrogens with one attached hydrogen (secondary N) is 2. The van der Waals surface area contributed by atoms with Gasteiger partial charge in [-0.2, -0.15) is 11.8 Å². The fraction of sp³-hybridized carbons (Fsp3) is 0.550. The van der Waals surface area contributed by atoms with Gasteiger partial charge in [-0.15, -0.1) is 0 Å². The maximum absolute atomic E-state index is 12.9. The molecule has 0 saturated carbocycles. The fourth-order valence-electron chi connectivity index (χ4n) is 2.43. The lowest BCUT2D eigenvalue weighted by Gasteiger charge is -2.25. The third-order valence-corrected chi connectivity index (χ3v) is 4.44. The van der Waals surface area contributed by atoms with E-state index in [4.69, 9.17) is 9.47 Å². The minimum atomic E-state index is -0.976. The molecule has 1 rings (SSSR count). The van der Waals surface area contributed by atoms with Gasteiger partial charge in [0.1, 0.15) is 23.4 Å². The van der Waals surface area contributed by atoms with Crippen molar-refractivity contribution in [1.29, 1.82) is 0 Å². The smallest absolute Gasteiger partial charge is 0.408 e. The summed E-state index contributed by atoms with van der Waals surface area (Å²) >= 11 is 1.54. The highest BCUT2D eigenvalue weighted by Gasteiger charge is 2.28. The minimum Gasteiger partial charge on any atom is -0.508 e. The molecule has 1 aromatic rings. The number of carbonyl (C=O) groups excluding carboxylic acids is 3. The van der Waals surface area contributed by atoms with E-state index in [0.29, 0.717) is 12.2 Å². The lowest BCUT2D eigenvalue weighted by atomic mass is 10.0. The van der Waals surface area contributed by atoms with Crippen LogP contribution in [-0.2, 0) is 25.5 Å². The second-order valence-electron chi connectivity index (χ2n) is 7.44. The molecule has 0 unspecified atom stereocenters. The monoisotopic (exact) mass is 426 g/mol. The summed E-state index contributed by atoms with van der Waals surface area (Å²) in [5.74, 6) is -0.325. The van der Waals surface area contributed by atoms with E-state index in [9.17, 15) is 19.5 Å². The zero-order valence-electron chi connectivity index (χ0n) is 17.5. The number of phenols is 1. The molecule has 0 aliphatic rings. The van der Waals surface area contributed by atoms with Crippen molar-refractivity contribution in [3.63, 3.8) is 0 Å². The van der Waals surface area contributed by atoms with Crippen LogP contribution in [0.5, 0.6) is 5.75 Å². The Morgan fingerprint density at radius 1 is 1.10 bits per heavy atom. The van der Waals surface area contributed by atoms with Gasteiger partial charge < -0.3 is 25.2 Å². The number of hydrogen-bond donors (Lipinski definition) is 3. The average molecular weight is 427 g/mol. The van der Waals surface area contributed by atoms with E-state index >= 15 is 0 Å². The lowest BCUT2D eigenvalue weighted by Crippen LogP contribution is -2.53. The van der Waals surface area contributed by atoms with Gasteiger partial charge in [0.2, 0.25) is 5.91 Å². The standard InChI is InChI=1S/C20H30N2O6S/c1-20(2,3)28-19(26)22-16(12-13-6-8-14(23)9-7-13)17(24)21-15(10-11-29-5)18(25)27-4/h6-9,15-16,23H,10-12H2,1-5H3,(H,21,24)(H,22,26)/t15-,16+/m0/s1. The maximum atomic E-state index is 12.9. The molecule has 0 heterocycles. The topological polar surface area (TPSA) is 114 Å². The largest absolute Gasteiger partial charge is 0.508 e. The van der Waals surface area contributed by atoms with Gasteiger partial charge in [-0.05, 0) is 56.9 Å². The van der Waals surface area contributed by atoms with Crippen LogP contribution in [-0.4, -0.2) is 59.9 Å². The molecule has 2 amide bonds. The Balaban J connectivity index is 2.96. The number of aromatic hydroxyl groups is 1. The van der Waals surface area contributed by atoms with Crippen molar-refractivity contribution in [2.75, 3.05) is 19.1 Å². The molecule has 0 aliphatic heterocycles. The Kier molecular flexibility index (Phi) is 9.80. The van der Waals surface area contributed by atoms with Crippen LogP contribution in [0.2, 0.25) is 0 Å². The number of hydrogen-bond acceptors (Lipinski definition) is 7. The molecule has 162 valence electrons. The number of carbonyl (C=O) groups is 3. The van der Waals surface area contributed by atoms with Crippen LogP contribution >= 0.6 is 11.8 Å². The first-order valence-corrected chi connectivity index (χ1v) is 10.6. The number of alkyl carbamates (subject to hydrolysis) is 1. The molecule has 0 aliphatic carbocycles. The van der Waals surface area contributed by atoms with E-state index in [0.717, 1.165) is 5.56 Å². The summed E-state index contributed by atoms with van der Waals surface area (Å²) in [7, 11) is 1.26. The first-order chi connectivity index (χ1) is 13.6. The third-order valence-electron chi connectivity index (χ3n) is 3.80. The van der Waals surface area contributed by atoms with Gasteiger partial charge in [0, 0.05) is 6.42 Å². The van der Waals surface area contributed by atoms with E-state index in [1.807, 2.05) is 6.26 Å². The predicted molar refractivity (Wildman–Crippen MR) is 112 cm³/mol. The van der Waals surface area contributed by atoms with Crippen molar-refractivity contribution in [1.82, 2.24) is 10.6 Å². The Morgan fingerprint density at radius 3 is 2.24 bits per heavy atom. The first kappa shape index (κ1) is 24.6. The van der Waals surface area contributed by atoms with Crippen LogP contribution in [0.1, 0.15) is 32.8 Å². The summed E-state index contributed by atoms with van der Waals surface area (Å²) in [6.07, 6.45) is 1.71. The number of esters is 1. The van der Waals surface area contributed by atoms with Crippen LogP contribution in [0.3, 0.4) is 0 Å². The van der Waals surface area contributed by atoms with Crippen LogP contribution < -0.4 is 10.6 Å². The predicted octanol–water partition coefficient (Wildman–Crippen LogP) is 2.24. The summed E-state index contributed by atoms with van der Waals surface area (Å²) in [5, 5.41) is 14.7. The van der Waals surface area contributed by atoms with Crippen molar-refractivity contribution < 1.29 is 29.0 Å². The normalized spacial score (nSPS) is 13.1. The number of phenolic OH excluding ortho intramolecular Hbond substituents is 1. The van der Waals surface area contributed by atoms with Gasteiger partial charge in [-0.25, -0.2) is 9.59 Å². The third kappa shape index (κ3) is 9.56. The van der Waals surface area contributed by atoms with Crippen LogP contribution in [0.15, 0.2) is 24.3 Å². The number of rotatable bonds is 9. The van der Waals surface area contributed by atoms with Crippen LogP contribution in [0.4, 0.5) is 4.79 Å². The average Bonchev–Trinajstić information content (AvgIpc) is 2.63. The molecule has 1 aromatic carbocycles. The van der Waals surface area contributed by atoms with E-state index in [1.54, 1.807) is 44.7 Å². The maximum Gasteiger partial charge on any atom is 0.408 e. The highest BCUT2D eigenvalue weighted by Crippen LogP contribution is 2.13. The Hall–Kier alpha value is -2.42. The number of ether oxygens (including phenoxy) is 2. The Morgan fingerprint density at radius 2 is 1.72 bits per heavy atom. The Labute approximate surface area is 175 Å². The van der Waals surface area contributed by atoms with Gasteiger partial charge in [-0.3, -0.25) is 4.79 Å². The van der Waals surface area contributed by atoms with Crippen molar-refractivity contribution in [2.24, 2.45) is 0 Å². The van der Waals surface area contributed by atoms with Gasteiger partial charge in [-0.1, -0.05) is 12.1 Å². The molecule has 9 heteroatoms. The van der Waals surface area contributed by atoms with Crippen molar-refractivity contribution in [3.05, 3.63) is 29.8 Å². The second-order valence-corrected chi connectivity index (χ2v) is 8.42.